The smallest absolute Gasteiger partial charge is 0.274 e. The molecule has 1 saturated carbocycles. The van der Waals surface area contributed by atoms with Crippen molar-refractivity contribution in [2.75, 3.05) is 38.5 Å². The van der Waals surface area contributed by atoms with Crippen LogP contribution in [0.4, 0.5) is 5.69 Å². The molecule has 0 atom stereocenters. The van der Waals surface area contributed by atoms with E-state index in [1.54, 1.807) is 17.4 Å². The number of nitrogens with two attached hydrogens (primary N) is 1. The Balaban J connectivity index is 1.37. The normalized spacial score (nSPS) is 18.5. The van der Waals surface area contributed by atoms with Crippen LogP contribution in [0.1, 0.15) is 33.8 Å². The van der Waals surface area contributed by atoms with Gasteiger partial charge in [-0.2, -0.15) is 5.10 Å². The highest BCUT2D eigenvalue weighted by atomic mass is 35.5. The van der Waals surface area contributed by atoms with Gasteiger partial charge in [0.2, 0.25) is 0 Å². The molecule has 3 heterocycles. The van der Waals surface area contributed by atoms with Gasteiger partial charge in [0.25, 0.3) is 5.91 Å². The van der Waals surface area contributed by atoms with E-state index in [0.29, 0.717) is 16.4 Å². The van der Waals surface area contributed by atoms with Crippen LogP contribution in [0.2, 0.25) is 5.02 Å². The molecule has 0 radical (unpaired) electrons. The summed E-state index contributed by atoms with van der Waals surface area (Å²) < 4.78 is 1.86. The van der Waals surface area contributed by atoms with Gasteiger partial charge in [0.15, 0.2) is 5.69 Å². The molecule has 0 unspecified atom stereocenters. The highest BCUT2D eigenvalue weighted by Crippen LogP contribution is 2.41. The Morgan fingerprint density at radius 1 is 1.16 bits per heavy atom. The number of nitrogens with zero attached hydrogens (tertiary/aromatic N) is 4. The second-order valence-electron chi connectivity index (χ2n) is 9.09. The Kier molecular flexibility index (Phi) is 5.01. The Bertz CT molecular complexity index is 1190. The Hall–Kier alpha value is -2.35. The molecule has 2 fully saturated rings. The molecule has 1 saturated heterocycles. The molecule has 2 aromatic heterocycles. The fraction of sp³-hybridized carbons (Fsp3) is 0.417. The van der Waals surface area contributed by atoms with E-state index < -0.39 is 0 Å². The number of piperazine rings is 1. The zero-order chi connectivity index (χ0) is 21.8. The standard InChI is InChI=1S/C24H26ClN5OS/c25-19-13-16(26)3-5-20(19)30-23-17-7-12-32-21(17)6-4-18(23)22(27-30)24(31)29-10-8-28(9-11-29)14-15-1-2-15/h3,5,7,12-13,15H,1-2,4,6,8-11,14,26H2. The summed E-state index contributed by atoms with van der Waals surface area (Å²) in [5.74, 6) is 0.917. The number of anilines is 1. The largest absolute Gasteiger partial charge is 0.399 e. The Labute approximate surface area is 196 Å². The van der Waals surface area contributed by atoms with Crippen LogP contribution in [-0.2, 0) is 12.8 Å². The molecule has 0 spiro atoms. The van der Waals surface area contributed by atoms with Gasteiger partial charge in [-0.15, -0.1) is 11.3 Å². The first kappa shape index (κ1) is 20.3. The van der Waals surface area contributed by atoms with Gasteiger partial charge in [-0.3, -0.25) is 9.69 Å². The first-order chi connectivity index (χ1) is 15.6. The van der Waals surface area contributed by atoms with Crippen molar-refractivity contribution in [3.63, 3.8) is 0 Å². The number of aromatic nitrogens is 2. The number of fused-ring (bicyclic) bond motifs is 3. The number of carbonyl (C=O) groups is 1. The van der Waals surface area contributed by atoms with Crippen molar-refractivity contribution >= 4 is 34.5 Å². The molecule has 1 amide bonds. The van der Waals surface area contributed by atoms with Crippen molar-refractivity contribution in [3.8, 4) is 16.9 Å². The molecule has 8 heteroatoms. The summed E-state index contributed by atoms with van der Waals surface area (Å²) in [6.45, 7) is 4.61. The summed E-state index contributed by atoms with van der Waals surface area (Å²) in [6, 6.07) is 7.58. The first-order valence-corrected chi connectivity index (χ1v) is 12.6. The molecule has 6 nitrogen and oxygen atoms in total. The van der Waals surface area contributed by atoms with Crippen molar-refractivity contribution in [2.45, 2.75) is 25.7 Å². The van der Waals surface area contributed by atoms with E-state index in [2.05, 4.69) is 16.3 Å². The van der Waals surface area contributed by atoms with Gasteiger partial charge in [-0.05, 0) is 61.2 Å². The van der Waals surface area contributed by atoms with Crippen molar-refractivity contribution < 1.29 is 4.79 Å². The number of nitrogen functional groups attached to an aromatic ring is 1. The lowest BCUT2D eigenvalue weighted by atomic mass is 9.94. The second kappa shape index (κ2) is 7.90. The van der Waals surface area contributed by atoms with Crippen LogP contribution in [0, 0.1) is 5.92 Å². The third-order valence-electron chi connectivity index (χ3n) is 6.86. The monoisotopic (exact) mass is 467 g/mol. The van der Waals surface area contributed by atoms with Crippen LogP contribution in [0.15, 0.2) is 29.6 Å². The van der Waals surface area contributed by atoms with Crippen LogP contribution >= 0.6 is 22.9 Å². The average Bonchev–Trinajstić information content (AvgIpc) is 3.32. The SMILES string of the molecule is Nc1ccc(-n2nc(C(=O)N3CCN(CC4CC4)CC3)c3c2-c2ccsc2CC3)c(Cl)c1. The summed E-state index contributed by atoms with van der Waals surface area (Å²) in [6.07, 6.45) is 4.48. The number of aryl methyl sites for hydroxylation is 1. The third-order valence-corrected chi connectivity index (χ3v) is 8.14. The number of rotatable bonds is 4. The third kappa shape index (κ3) is 3.52. The number of hydrogen-bond acceptors (Lipinski definition) is 5. The van der Waals surface area contributed by atoms with Gasteiger partial charge >= 0.3 is 0 Å². The van der Waals surface area contributed by atoms with Crippen LogP contribution in [-0.4, -0.2) is 58.2 Å². The topological polar surface area (TPSA) is 67.4 Å². The maximum atomic E-state index is 13.6. The van der Waals surface area contributed by atoms with E-state index in [9.17, 15) is 4.79 Å². The minimum absolute atomic E-state index is 0.0383. The minimum atomic E-state index is 0.0383. The summed E-state index contributed by atoms with van der Waals surface area (Å²) in [7, 11) is 0. The molecular weight excluding hydrogens is 442 g/mol. The molecule has 3 aliphatic rings. The molecule has 2 aliphatic carbocycles. The number of halogens is 1. The predicted molar refractivity (Wildman–Crippen MR) is 129 cm³/mol. The van der Waals surface area contributed by atoms with Gasteiger partial charge in [0.05, 0.1) is 16.4 Å². The van der Waals surface area contributed by atoms with E-state index >= 15 is 0 Å². The van der Waals surface area contributed by atoms with Gasteiger partial charge < -0.3 is 10.6 Å². The molecular formula is C24H26ClN5OS. The van der Waals surface area contributed by atoms with Crippen LogP contribution in [0.3, 0.4) is 0 Å². The molecule has 32 heavy (non-hydrogen) atoms. The Morgan fingerprint density at radius 3 is 2.72 bits per heavy atom. The van der Waals surface area contributed by atoms with Gasteiger partial charge in [0, 0.05) is 54.4 Å². The van der Waals surface area contributed by atoms with E-state index in [1.807, 2.05) is 21.7 Å². The van der Waals surface area contributed by atoms with E-state index in [1.165, 1.54) is 24.3 Å². The maximum absolute atomic E-state index is 13.6. The highest BCUT2D eigenvalue weighted by molar-refractivity contribution is 7.10. The first-order valence-electron chi connectivity index (χ1n) is 11.3. The highest BCUT2D eigenvalue weighted by Gasteiger charge is 2.33. The zero-order valence-corrected chi connectivity index (χ0v) is 19.5. The molecule has 0 bridgehead atoms. The number of carbonyl (C=O) groups excluding carboxylic acids is 1. The second-order valence-corrected chi connectivity index (χ2v) is 10.5. The molecule has 3 aromatic rings. The lowest BCUT2D eigenvalue weighted by Crippen LogP contribution is -2.49. The maximum Gasteiger partial charge on any atom is 0.274 e. The number of thiophene rings is 1. The van der Waals surface area contributed by atoms with E-state index in [-0.39, 0.29) is 5.91 Å². The van der Waals surface area contributed by atoms with Crippen LogP contribution in [0.5, 0.6) is 0 Å². The molecule has 1 aromatic carbocycles. The fourth-order valence-electron chi connectivity index (χ4n) is 4.94. The zero-order valence-electron chi connectivity index (χ0n) is 17.9. The lowest BCUT2D eigenvalue weighted by molar-refractivity contribution is 0.0624. The molecule has 2 N–H and O–H groups in total. The van der Waals surface area contributed by atoms with Gasteiger partial charge in [-0.1, -0.05) is 11.6 Å². The summed E-state index contributed by atoms with van der Waals surface area (Å²) >= 11 is 8.33. The van der Waals surface area contributed by atoms with Crippen LogP contribution < -0.4 is 5.73 Å². The van der Waals surface area contributed by atoms with E-state index in [0.717, 1.165) is 67.4 Å². The van der Waals surface area contributed by atoms with Crippen LogP contribution in [0.25, 0.3) is 16.9 Å². The minimum Gasteiger partial charge on any atom is -0.399 e. The van der Waals surface area contributed by atoms with Crippen molar-refractivity contribution in [2.24, 2.45) is 5.92 Å². The number of benzene rings is 1. The van der Waals surface area contributed by atoms with Crippen molar-refractivity contribution in [3.05, 3.63) is 50.8 Å². The van der Waals surface area contributed by atoms with E-state index in [4.69, 9.17) is 22.4 Å². The van der Waals surface area contributed by atoms with Gasteiger partial charge in [0.1, 0.15) is 0 Å². The molecule has 1 aliphatic heterocycles. The average molecular weight is 468 g/mol. The van der Waals surface area contributed by atoms with Crippen molar-refractivity contribution in [1.29, 1.82) is 0 Å². The Morgan fingerprint density at radius 2 is 1.97 bits per heavy atom. The van der Waals surface area contributed by atoms with Crippen molar-refractivity contribution in [1.82, 2.24) is 19.6 Å². The molecule has 166 valence electrons. The van der Waals surface area contributed by atoms with Gasteiger partial charge in [-0.25, -0.2) is 4.68 Å². The number of amides is 1. The number of hydrogen-bond donors (Lipinski definition) is 1. The summed E-state index contributed by atoms with van der Waals surface area (Å²) in [5, 5.41) is 7.52. The summed E-state index contributed by atoms with van der Waals surface area (Å²) in [5.41, 5.74) is 11.0. The molecule has 6 rings (SSSR count). The predicted octanol–water partition coefficient (Wildman–Crippen LogP) is 4.10. The lowest BCUT2D eigenvalue weighted by Gasteiger charge is -2.34. The quantitative estimate of drug-likeness (QED) is 0.586. The summed E-state index contributed by atoms with van der Waals surface area (Å²) in [4.78, 5) is 19.4. The fourth-order valence-corrected chi connectivity index (χ4v) is 6.09.